The van der Waals surface area contributed by atoms with Crippen molar-refractivity contribution in [1.82, 2.24) is 0 Å². The summed E-state index contributed by atoms with van der Waals surface area (Å²) in [7, 11) is 0. The summed E-state index contributed by atoms with van der Waals surface area (Å²) in [6.07, 6.45) is 3.26. The molecule has 4 heteroatoms. The maximum absolute atomic E-state index is 11.6. The molecule has 0 spiro atoms. The van der Waals surface area contributed by atoms with E-state index in [-0.39, 0.29) is 5.91 Å². The number of amides is 1. The molecule has 1 aromatic rings. The smallest absolute Gasteiger partial charge is 0.243 e. The number of nitrogens with two attached hydrogens (primary N) is 1. The fourth-order valence-electron chi connectivity index (χ4n) is 2.13. The lowest BCUT2D eigenvalue weighted by atomic mass is 10.1. The highest BCUT2D eigenvalue weighted by molar-refractivity contribution is 6.01. The number of unbranched alkanes of at least 4 members (excludes halogenated alkanes) is 2. The van der Waals surface area contributed by atoms with Crippen LogP contribution >= 0.6 is 0 Å². The summed E-state index contributed by atoms with van der Waals surface area (Å²) in [6, 6.07) is 7.94. The van der Waals surface area contributed by atoms with Crippen molar-refractivity contribution in [2.75, 3.05) is 29.9 Å². The predicted octanol–water partition coefficient (Wildman–Crippen LogP) is 1.57. The fraction of sp³-hybridized carbons (Fsp3) is 0.462. The highest BCUT2D eigenvalue weighted by Gasteiger charge is 2.20. The molecule has 4 nitrogen and oxygen atoms in total. The number of carbonyl (C=O) groups is 1. The summed E-state index contributed by atoms with van der Waals surface area (Å²) in [6.45, 7) is 2.13. The molecule has 2 rings (SSSR count). The minimum Gasteiger partial charge on any atom is -0.361 e. The highest BCUT2D eigenvalue weighted by Crippen LogP contribution is 2.28. The van der Waals surface area contributed by atoms with Crippen molar-refractivity contribution in [3.05, 3.63) is 24.3 Å². The fourth-order valence-corrected chi connectivity index (χ4v) is 2.13. The van der Waals surface area contributed by atoms with Gasteiger partial charge in [0.05, 0.1) is 17.9 Å². The molecular formula is C13H19N3O. The SMILES string of the molecule is NCCCCCN1CC(=O)Nc2ccccc21. The monoisotopic (exact) mass is 233 g/mol. The zero-order valence-electron chi connectivity index (χ0n) is 9.98. The van der Waals surface area contributed by atoms with Crippen LogP contribution in [0.4, 0.5) is 11.4 Å². The van der Waals surface area contributed by atoms with Crippen LogP contribution in [0.25, 0.3) is 0 Å². The topological polar surface area (TPSA) is 58.4 Å². The Kier molecular flexibility index (Phi) is 3.98. The number of benzene rings is 1. The maximum atomic E-state index is 11.6. The molecule has 0 radical (unpaired) electrons. The first-order chi connectivity index (χ1) is 8.31. The minimum absolute atomic E-state index is 0.0718. The number of nitrogens with one attached hydrogen (secondary N) is 1. The third kappa shape index (κ3) is 2.97. The molecule has 92 valence electrons. The second-order valence-corrected chi connectivity index (χ2v) is 4.34. The molecule has 1 aromatic carbocycles. The van der Waals surface area contributed by atoms with Gasteiger partial charge in [0.2, 0.25) is 5.91 Å². The van der Waals surface area contributed by atoms with Gasteiger partial charge < -0.3 is 16.0 Å². The van der Waals surface area contributed by atoms with E-state index in [9.17, 15) is 4.79 Å². The Hall–Kier alpha value is -1.55. The van der Waals surface area contributed by atoms with E-state index in [4.69, 9.17) is 5.73 Å². The molecule has 0 atom stereocenters. The zero-order chi connectivity index (χ0) is 12.1. The first-order valence-electron chi connectivity index (χ1n) is 6.15. The summed E-state index contributed by atoms with van der Waals surface area (Å²) >= 11 is 0. The van der Waals surface area contributed by atoms with Gasteiger partial charge in [-0.25, -0.2) is 0 Å². The van der Waals surface area contributed by atoms with Crippen LogP contribution in [-0.2, 0) is 4.79 Å². The summed E-state index contributed by atoms with van der Waals surface area (Å²) in [4.78, 5) is 13.7. The van der Waals surface area contributed by atoms with Crippen molar-refractivity contribution in [1.29, 1.82) is 0 Å². The normalized spacial score (nSPS) is 14.4. The number of para-hydroxylation sites is 2. The summed E-state index contributed by atoms with van der Waals surface area (Å²) in [5.74, 6) is 0.0718. The molecule has 0 unspecified atom stereocenters. The number of hydrogen-bond acceptors (Lipinski definition) is 3. The minimum atomic E-state index is 0.0718. The van der Waals surface area contributed by atoms with E-state index in [2.05, 4.69) is 16.3 Å². The Morgan fingerprint density at radius 3 is 2.88 bits per heavy atom. The lowest BCUT2D eigenvalue weighted by molar-refractivity contribution is -0.115. The number of fused-ring (bicyclic) bond motifs is 1. The van der Waals surface area contributed by atoms with Gasteiger partial charge in [0.25, 0.3) is 0 Å². The van der Waals surface area contributed by atoms with Crippen LogP contribution in [0.15, 0.2) is 24.3 Å². The van der Waals surface area contributed by atoms with Gasteiger partial charge in [-0.15, -0.1) is 0 Å². The third-order valence-corrected chi connectivity index (χ3v) is 2.99. The van der Waals surface area contributed by atoms with Crippen molar-refractivity contribution in [3.63, 3.8) is 0 Å². The second-order valence-electron chi connectivity index (χ2n) is 4.34. The molecule has 1 amide bonds. The van der Waals surface area contributed by atoms with E-state index in [0.29, 0.717) is 6.54 Å². The van der Waals surface area contributed by atoms with E-state index >= 15 is 0 Å². The first kappa shape index (κ1) is 11.9. The molecule has 1 aliphatic heterocycles. The lowest BCUT2D eigenvalue weighted by Gasteiger charge is -2.30. The molecule has 17 heavy (non-hydrogen) atoms. The maximum Gasteiger partial charge on any atom is 0.243 e. The van der Waals surface area contributed by atoms with Gasteiger partial charge in [-0.3, -0.25) is 4.79 Å². The van der Waals surface area contributed by atoms with E-state index in [1.165, 1.54) is 0 Å². The number of hydrogen-bond donors (Lipinski definition) is 2. The van der Waals surface area contributed by atoms with Gasteiger partial charge in [-0.2, -0.15) is 0 Å². The standard InChI is InChI=1S/C13H19N3O/c14-8-4-1-5-9-16-10-13(17)15-11-6-2-3-7-12(11)16/h2-3,6-7H,1,4-5,8-10,14H2,(H,15,17). The number of carbonyl (C=O) groups excluding carboxylic acids is 1. The van der Waals surface area contributed by atoms with Crippen LogP contribution < -0.4 is 16.0 Å². The molecular weight excluding hydrogens is 214 g/mol. The molecule has 0 saturated carbocycles. The van der Waals surface area contributed by atoms with Crippen molar-refractivity contribution in [2.45, 2.75) is 19.3 Å². The van der Waals surface area contributed by atoms with E-state index < -0.39 is 0 Å². The van der Waals surface area contributed by atoms with E-state index in [1.807, 2.05) is 18.2 Å². The van der Waals surface area contributed by atoms with Crippen LogP contribution in [-0.4, -0.2) is 25.5 Å². The first-order valence-corrected chi connectivity index (χ1v) is 6.15. The van der Waals surface area contributed by atoms with Gasteiger partial charge >= 0.3 is 0 Å². The molecule has 0 fully saturated rings. The zero-order valence-corrected chi connectivity index (χ0v) is 9.98. The van der Waals surface area contributed by atoms with E-state index in [1.54, 1.807) is 0 Å². The quantitative estimate of drug-likeness (QED) is 0.759. The Labute approximate surface area is 102 Å². The Bertz CT molecular complexity index is 392. The van der Waals surface area contributed by atoms with E-state index in [0.717, 1.165) is 43.7 Å². The van der Waals surface area contributed by atoms with Crippen molar-refractivity contribution >= 4 is 17.3 Å². The lowest BCUT2D eigenvalue weighted by Crippen LogP contribution is -2.38. The number of anilines is 2. The number of rotatable bonds is 5. The summed E-state index contributed by atoms with van der Waals surface area (Å²) in [5, 5.41) is 2.89. The number of nitrogens with zero attached hydrogens (tertiary/aromatic N) is 1. The van der Waals surface area contributed by atoms with Crippen LogP contribution in [0, 0.1) is 0 Å². The molecule has 3 N–H and O–H groups in total. The van der Waals surface area contributed by atoms with Crippen LogP contribution in [0.3, 0.4) is 0 Å². The van der Waals surface area contributed by atoms with Crippen molar-refractivity contribution in [2.24, 2.45) is 5.73 Å². The van der Waals surface area contributed by atoms with Crippen LogP contribution in [0.5, 0.6) is 0 Å². The van der Waals surface area contributed by atoms with Gasteiger partial charge in [0, 0.05) is 6.54 Å². The van der Waals surface area contributed by atoms with Gasteiger partial charge in [-0.05, 0) is 31.5 Å². The third-order valence-electron chi connectivity index (χ3n) is 2.99. The average molecular weight is 233 g/mol. The Balaban J connectivity index is 2.00. The average Bonchev–Trinajstić information content (AvgIpc) is 2.34. The van der Waals surface area contributed by atoms with Gasteiger partial charge in [-0.1, -0.05) is 18.6 Å². The second kappa shape index (κ2) is 5.68. The predicted molar refractivity (Wildman–Crippen MR) is 70.2 cm³/mol. The molecule has 0 aliphatic carbocycles. The van der Waals surface area contributed by atoms with Gasteiger partial charge in [0.15, 0.2) is 0 Å². The Morgan fingerprint density at radius 1 is 1.24 bits per heavy atom. The Morgan fingerprint density at radius 2 is 2.06 bits per heavy atom. The molecule has 0 saturated heterocycles. The van der Waals surface area contributed by atoms with Crippen molar-refractivity contribution < 1.29 is 4.79 Å². The summed E-state index contributed by atoms with van der Waals surface area (Å²) in [5.41, 5.74) is 7.51. The molecule has 1 heterocycles. The molecule has 1 aliphatic rings. The largest absolute Gasteiger partial charge is 0.361 e. The van der Waals surface area contributed by atoms with Gasteiger partial charge in [0.1, 0.15) is 0 Å². The van der Waals surface area contributed by atoms with Crippen molar-refractivity contribution in [3.8, 4) is 0 Å². The summed E-state index contributed by atoms with van der Waals surface area (Å²) < 4.78 is 0. The highest BCUT2D eigenvalue weighted by atomic mass is 16.2. The van der Waals surface area contributed by atoms with Crippen LogP contribution in [0.2, 0.25) is 0 Å². The van der Waals surface area contributed by atoms with Crippen LogP contribution in [0.1, 0.15) is 19.3 Å². The molecule has 0 aromatic heterocycles. The molecule has 0 bridgehead atoms.